The third kappa shape index (κ3) is 2.45. The molecule has 1 nitrogen and oxygen atoms in total. The summed E-state index contributed by atoms with van der Waals surface area (Å²) in [5.41, 5.74) is 0.188. The van der Waals surface area contributed by atoms with Gasteiger partial charge < -0.3 is 4.74 Å². The molecule has 0 aromatic carbocycles. The van der Waals surface area contributed by atoms with Crippen molar-refractivity contribution in [2.24, 2.45) is 0 Å². The largest absolute Gasteiger partial charge is 0.371 e. The van der Waals surface area contributed by atoms with Crippen molar-refractivity contribution < 1.29 is 4.74 Å². The van der Waals surface area contributed by atoms with Crippen LogP contribution in [0, 0.1) is 0 Å². The summed E-state index contributed by atoms with van der Waals surface area (Å²) in [7, 11) is 0. The summed E-state index contributed by atoms with van der Waals surface area (Å²) in [5.74, 6) is 0. The zero-order chi connectivity index (χ0) is 8.32. The zero-order valence-electron chi connectivity index (χ0n) is 7.40. The maximum absolute atomic E-state index is 5.89. The summed E-state index contributed by atoms with van der Waals surface area (Å²) in [6.07, 6.45) is 5.35. The molecular weight excluding hydrogens is 204 g/mol. The van der Waals surface area contributed by atoms with Gasteiger partial charge in [0, 0.05) is 5.33 Å². The Bertz CT molecular complexity index is 127. The quantitative estimate of drug-likeness (QED) is 0.665. The summed E-state index contributed by atoms with van der Waals surface area (Å²) in [6, 6.07) is 0. The number of alkyl halides is 1. The molecule has 0 N–H and O–H groups in total. The van der Waals surface area contributed by atoms with Gasteiger partial charge in [-0.1, -0.05) is 29.3 Å². The standard InChI is InChI=1S/C9H17BrO/c1-3-5-9(2)6-4-8(7-10)11-9/h8H,3-7H2,1-2H3. The van der Waals surface area contributed by atoms with Gasteiger partial charge in [-0.3, -0.25) is 0 Å². The predicted octanol–water partition coefficient (Wildman–Crippen LogP) is 3.12. The van der Waals surface area contributed by atoms with Gasteiger partial charge in [0.1, 0.15) is 0 Å². The van der Waals surface area contributed by atoms with E-state index >= 15 is 0 Å². The van der Waals surface area contributed by atoms with Gasteiger partial charge in [0.05, 0.1) is 11.7 Å². The molecule has 66 valence electrons. The van der Waals surface area contributed by atoms with Gasteiger partial charge >= 0.3 is 0 Å². The lowest BCUT2D eigenvalue weighted by Crippen LogP contribution is -2.24. The Hall–Kier alpha value is 0.440. The molecule has 0 bridgehead atoms. The molecule has 2 atom stereocenters. The fourth-order valence-electron chi connectivity index (χ4n) is 1.81. The SMILES string of the molecule is CCCC1(C)CCC(CBr)O1. The number of halogens is 1. The molecule has 2 heteroatoms. The Morgan fingerprint density at radius 3 is 2.82 bits per heavy atom. The number of hydrogen-bond acceptors (Lipinski definition) is 1. The molecule has 0 spiro atoms. The highest BCUT2D eigenvalue weighted by Gasteiger charge is 2.34. The van der Waals surface area contributed by atoms with Crippen LogP contribution in [0.3, 0.4) is 0 Å². The van der Waals surface area contributed by atoms with Crippen LogP contribution in [0.15, 0.2) is 0 Å². The van der Waals surface area contributed by atoms with E-state index in [4.69, 9.17) is 4.74 Å². The highest BCUT2D eigenvalue weighted by atomic mass is 79.9. The molecule has 0 saturated carbocycles. The van der Waals surface area contributed by atoms with E-state index in [1.165, 1.54) is 25.7 Å². The van der Waals surface area contributed by atoms with Crippen molar-refractivity contribution in [2.45, 2.75) is 51.2 Å². The maximum atomic E-state index is 5.89. The van der Waals surface area contributed by atoms with Crippen LogP contribution < -0.4 is 0 Å². The molecule has 0 radical (unpaired) electrons. The van der Waals surface area contributed by atoms with Crippen molar-refractivity contribution in [1.82, 2.24) is 0 Å². The van der Waals surface area contributed by atoms with Crippen LogP contribution in [0.25, 0.3) is 0 Å². The Morgan fingerprint density at radius 1 is 1.64 bits per heavy atom. The summed E-state index contributed by atoms with van der Waals surface area (Å²) in [4.78, 5) is 0. The molecule has 0 amide bonds. The van der Waals surface area contributed by atoms with E-state index in [0.717, 1.165) is 5.33 Å². The lowest BCUT2D eigenvalue weighted by Gasteiger charge is -2.23. The highest BCUT2D eigenvalue weighted by molar-refractivity contribution is 9.09. The second-order valence-electron chi connectivity index (χ2n) is 3.63. The van der Waals surface area contributed by atoms with Gasteiger partial charge in [-0.2, -0.15) is 0 Å². The lowest BCUT2D eigenvalue weighted by atomic mass is 9.97. The van der Waals surface area contributed by atoms with E-state index in [1.807, 2.05) is 0 Å². The average Bonchev–Trinajstić information content (AvgIpc) is 2.33. The Morgan fingerprint density at radius 2 is 2.36 bits per heavy atom. The first-order valence-electron chi connectivity index (χ1n) is 4.44. The molecule has 0 aromatic heterocycles. The topological polar surface area (TPSA) is 9.23 Å². The number of ether oxygens (including phenoxy) is 1. The van der Waals surface area contributed by atoms with Crippen molar-refractivity contribution in [3.05, 3.63) is 0 Å². The minimum Gasteiger partial charge on any atom is -0.371 e. The zero-order valence-corrected chi connectivity index (χ0v) is 8.99. The molecule has 11 heavy (non-hydrogen) atoms. The monoisotopic (exact) mass is 220 g/mol. The van der Waals surface area contributed by atoms with E-state index in [1.54, 1.807) is 0 Å². The molecule has 1 aliphatic rings. The molecule has 1 fully saturated rings. The smallest absolute Gasteiger partial charge is 0.0680 e. The van der Waals surface area contributed by atoms with E-state index in [2.05, 4.69) is 29.8 Å². The van der Waals surface area contributed by atoms with Gasteiger partial charge in [-0.25, -0.2) is 0 Å². The summed E-state index contributed by atoms with van der Waals surface area (Å²) >= 11 is 3.45. The van der Waals surface area contributed by atoms with Gasteiger partial charge in [0.25, 0.3) is 0 Å². The van der Waals surface area contributed by atoms with E-state index in [0.29, 0.717) is 6.10 Å². The third-order valence-electron chi connectivity index (χ3n) is 2.40. The third-order valence-corrected chi connectivity index (χ3v) is 3.12. The summed E-state index contributed by atoms with van der Waals surface area (Å²) < 4.78 is 5.89. The van der Waals surface area contributed by atoms with Crippen LogP contribution in [0.4, 0.5) is 0 Å². The summed E-state index contributed by atoms with van der Waals surface area (Å²) in [6.45, 7) is 4.45. The number of hydrogen-bond donors (Lipinski definition) is 0. The minimum atomic E-state index is 0.188. The van der Waals surface area contributed by atoms with Gasteiger partial charge in [0.2, 0.25) is 0 Å². The highest BCUT2D eigenvalue weighted by Crippen LogP contribution is 2.34. The van der Waals surface area contributed by atoms with E-state index in [-0.39, 0.29) is 5.60 Å². The van der Waals surface area contributed by atoms with E-state index in [9.17, 15) is 0 Å². The van der Waals surface area contributed by atoms with Crippen molar-refractivity contribution in [2.75, 3.05) is 5.33 Å². The minimum absolute atomic E-state index is 0.188. The van der Waals surface area contributed by atoms with Crippen molar-refractivity contribution >= 4 is 15.9 Å². The Balaban J connectivity index is 2.37. The molecule has 1 rings (SSSR count). The first kappa shape index (κ1) is 9.53. The van der Waals surface area contributed by atoms with Crippen LogP contribution in [-0.2, 0) is 4.74 Å². The number of rotatable bonds is 3. The van der Waals surface area contributed by atoms with Gasteiger partial charge in [0.15, 0.2) is 0 Å². The predicted molar refractivity (Wildman–Crippen MR) is 51.2 cm³/mol. The van der Waals surface area contributed by atoms with Crippen LogP contribution >= 0.6 is 15.9 Å². The molecule has 1 aliphatic heterocycles. The fourth-order valence-corrected chi connectivity index (χ4v) is 2.26. The van der Waals surface area contributed by atoms with Gasteiger partial charge in [-0.15, -0.1) is 0 Å². The van der Waals surface area contributed by atoms with Crippen LogP contribution in [0.1, 0.15) is 39.5 Å². The average molecular weight is 221 g/mol. The normalized spacial score (nSPS) is 37.9. The molecular formula is C9H17BrO. The maximum Gasteiger partial charge on any atom is 0.0680 e. The van der Waals surface area contributed by atoms with Crippen LogP contribution in [0.5, 0.6) is 0 Å². The molecule has 2 unspecified atom stereocenters. The van der Waals surface area contributed by atoms with Crippen molar-refractivity contribution in [3.63, 3.8) is 0 Å². The molecule has 1 heterocycles. The second kappa shape index (κ2) is 3.90. The van der Waals surface area contributed by atoms with Crippen LogP contribution in [0.2, 0.25) is 0 Å². The molecule has 1 saturated heterocycles. The second-order valence-corrected chi connectivity index (χ2v) is 4.28. The first-order valence-corrected chi connectivity index (χ1v) is 5.56. The molecule has 0 aliphatic carbocycles. The lowest BCUT2D eigenvalue weighted by molar-refractivity contribution is -0.0240. The summed E-state index contributed by atoms with van der Waals surface area (Å²) in [5, 5.41) is 0.992. The first-order chi connectivity index (χ1) is 5.20. The van der Waals surface area contributed by atoms with Crippen molar-refractivity contribution in [1.29, 1.82) is 0 Å². The Kier molecular flexibility index (Phi) is 3.38. The van der Waals surface area contributed by atoms with Gasteiger partial charge in [-0.05, 0) is 26.2 Å². The fraction of sp³-hybridized carbons (Fsp3) is 1.00. The van der Waals surface area contributed by atoms with Crippen molar-refractivity contribution in [3.8, 4) is 0 Å². The van der Waals surface area contributed by atoms with Crippen LogP contribution in [-0.4, -0.2) is 17.0 Å². The Labute approximate surface area is 77.6 Å². The van der Waals surface area contributed by atoms with E-state index < -0.39 is 0 Å². The molecule has 0 aromatic rings.